The number of fused-ring (bicyclic) bond motifs is 1. The van der Waals surface area contributed by atoms with Gasteiger partial charge in [-0.05, 0) is 18.2 Å². The first-order valence-electron chi connectivity index (χ1n) is 6.22. The van der Waals surface area contributed by atoms with Crippen LogP contribution in [0.1, 0.15) is 0 Å². The highest BCUT2D eigenvalue weighted by Crippen LogP contribution is 2.36. The van der Waals surface area contributed by atoms with E-state index in [1.54, 1.807) is 25.6 Å². The van der Waals surface area contributed by atoms with Crippen LogP contribution in [0.4, 0.5) is 5.69 Å². The van der Waals surface area contributed by atoms with Crippen molar-refractivity contribution < 1.29 is 9.47 Å². The minimum Gasteiger partial charge on any atom is -0.496 e. The molecule has 0 saturated carbocycles. The van der Waals surface area contributed by atoms with Crippen molar-refractivity contribution in [3.8, 4) is 17.2 Å². The third kappa shape index (κ3) is 2.12. The molecular weight excluding hydrogens is 252 g/mol. The van der Waals surface area contributed by atoms with E-state index in [0.29, 0.717) is 11.4 Å². The minimum atomic E-state index is 0.544. The molecule has 100 valence electrons. The third-order valence-corrected chi connectivity index (χ3v) is 3.10. The summed E-state index contributed by atoms with van der Waals surface area (Å²) in [6, 6.07) is 13.4. The highest BCUT2D eigenvalue weighted by molar-refractivity contribution is 5.93. The smallest absolute Gasteiger partial charge is 0.168 e. The van der Waals surface area contributed by atoms with Gasteiger partial charge < -0.3 is 15.2 Å². The zero-order valence-electron chi connectivity index (χ0n) is 11.0. The number of pyridine rings is 1. The van der Waals surface area contributed by atoms with Gasteiger partial charge >= 0.3 is 0 Å². The normalized spacial score (nSPS) is 10.4. The lowest BCUT2D eigenvalue weighted by molar-refractivity contribution is 0.418. The number of benzene rings is 2. The van der Waals surface area contributed by atoms with E-state index >= 15 is 0 Å². The summed E-state index contributed by atoms with van der Waals surface area (Å²) < 4.78 is 11.2. The molecule has 4 heteroatoms. The van der Waals surface area contributed by atoms with Gasteiger partial charge in [-0.1, -0.05) is 24.3 Å². The van der Waals surface area contributed by atoms with Crippen molar-refractivity contribution in [1.82, 2.24) is 4.98 Å². The largest absolute Gasteiger partial charge is 0.496 e. The van der Waals surface area contributed by atoms with Crippen LogP contribution in [0.5, 0.6) is 17.2 Å². The van der Waals surface area contributed by atoms with E-state index in [-0.39, 0.29) is 0 Å². The molecule has 1 heterocycles. The fourth-order valence-corrected chi connectivity index (χ4v) is 2.11. The number of nitrogen functional groups attached to an aromatic ring is 1. The molecule has 3 aromatic rings. The lowest BCUT2D eigenvalue weighted by atomic mass is 10.1. The molecular formula is C16H14N2O2. The molecule has 0 bridgehead atoms. The molecule has 0 saturated heterocycles. The molecule has 2 aromatic carbocycles. The Kier molecular flexibility index (Phi) is 3.13. The Balaban J connectivity index is 2.11. The molecule has 4 nitrogen and oxygen atoms in total. The van der Waals surface area contributed by atoms with Gasteiger partial charge in [0, 0.05) is 17.0 Å². The van der Waals surface area contributed by atoms with E-state index in [4.69, 9.17) is 15.2 Å². The van der Waals surface area contributed by atoms with Crippen LogP contribution in [0, 0.1) is 0 Å². The van der Waals surface area contributed by atoms with Gasteiger partial charge in [0.15, 0.2) is 5.75 Å². The predicted octanol–water partition coefficient (Wildman–Crippen LogP) is 3.62. The van der Waals surface area contributed by atoms with E-state index in [1.165, 1.54) is 0 Å². The number of rotatable bonds is 3. The summed E-state index contributed by atoms with van der Waals surface area (Å²) in [7, 11) is 1.65. The topological polar surface area (TPSA) is 57.4 Å². The first-order chi connectivity index (χ1) is 9.79. The maximum atomic E-state index is 5.88. The number of nitrogens with zero attached hydrogens (tertiary/aromatic N) is 1. The van der Waals surface area contributed by atoms with Gasteiger partial charge in [-0.3, -0.25) is 4.98 Å². The van der Waals surface area contributed by atoms with Gasteiger partial charge in [-0.15, -0.1) is 0 Å². The molecule has 2 N–H and O–H groups in total. The number of hydrogen-bond acceptors (Lipinski definition) is 4. The van der Waals surface area contributed by atoms with Gasteiger partial charge in [0.25, 0.3) is 0 Å². The summed E-state index contributed by atoms with van der Waals surface area (Å²) in [6.45, 7) is 0. The van der Waals surface area contributed by atoms with Crippen LogP contribution in [0.15, 0.2) is 54.9 Å². The molecule has 0 atom stereocenters. The van der Waals surface area contributed by atoms with Crippen molar-refractivity contribution in [3.63, 3.8) is 0 Å². The fourth-order valence-electron chi connectivity index (χ4n) is 2.11. The van der Waals surface area contributed by atoms with Gasteiger partial charge in [0.2, 0.25) is 0 Å². The van der Waals surface area contributed by atoms with Crippen molar-refractivity contribution in [2.24, 2.45) is 0 Å². The highest BCUT2D eigenvalue weighted by Gasteiger charge is 2.09. The number of ether oxygens (including phenoxy) is 2. The van der Waals surface area contributed by atoms with Gasteiger partial charge in [0.05, 0.1) is 19.0 Å². The third-order valence-electron chi connectivity index (χ3n) is 3.10. The van der Waals surface area contributed by atoms with Crippen molar-refractivity contribution in [2.45, 2.75) is 0 Å². The second-order valence-electron chi connectivity index (χ2n) is 4.33. The SMILES string of the molecule is COc1ccc(Oc2cnccc2N)c2ccccc12. The number of nitrogens with two attached hydrogens (primary N) is 1. The molecule has 0 aliphatic rings. The number of aromatic nitrogens is 1. The Morgan fingerprint density at radius 3 is 2.30 bits per heavy atom. The van der Waals surface area contributed by atoms with Gasteiger partial charge in [-0.2, -0.15) is 0 Å². The maximum Gasteiger partial charge on any atom is 0.168 e. The summed E-state index contributed by atoms with van der Waals surface area (Å²) in [5, 5.41) is 1.96. The van der Waals surface area contributed by atoms with Gasteiger partial charge in [0.1, 0.15) is 11.5 Å². The van der Waals surface area contributed by atoms with Gasteiger partial charge in [-0.25, -0.2) is 0 Å². The minimum absolute atomic E-state index is 0.544. The average Bonchev–Trinajstić information content (AvgIpc) is 2.50. The zero-order chi connectivity index (χ0) is 13.9. The molecule has 1 aromatic heterocycles. The number of anilines is 1. The molecule has 0 spiro atoms. The van der Waals surface area contributed by atoms with Crippen molar-refractivity contribution in [3.05, 3.63) is 54.9 Å². The summed E-state index contributed by atoms with van der Waals surface area (Å²) in [5.41, 5.74) is 6.43. The number of hydrogen-bond donors (Lipinski definition) is 1. The number of methoxy groups -OCH3 is 1. The summed E-state index contributed by atoms with van der Waals surface area (Å²) >= 11 is 0. The molecule has 0 fully saturated rings. The van der Waals surface area contributed by atoms with Crippen LogP contribution in [-0.4, -0.2) is 12.1 Å². The van der Waals surface area contributed by atoms with Crippen LogP contribution in [-0.2, 0) is 0 Å². The van der Waals surface area contributed by atoms with Crippen LogP contribution in [0.2, 0.25) is 0 Å². The molecule has 0 aliphatic heterocycles. The average molecular weight is 266 g/mol. The van der Waals surface area contributed by atoms with Crippen molar-refractivity contribution in [1.29, 1.82) is 0 Å². The molecule has 0 aliphatic carbocycles. The van der Waals surface area contributed by atoms with E-state index < -0.39 is 0 Å². The molecule has 0 radical (unpaired) electrons. The summed E-state index contributed by atoms with van der Waals surface area (Å²) in [4.78, 5) is 4.03. The highest BCUT2D eigenvalue weighted by atomic mass is 16.5. The second-order valence-corrected chi connectivity index (χ2v) is 4.33. The van der Waals surface area contributed by atoms with Crippen LogP contribution in [0.25, 0.3) is 10.8 Å². The Bertz CT molecular complexity index is 756. The Hall–Kier alpha value is -2.75. The van der Waals surface area contributed by atoms with E-state index in [2.05, 4.69) is 4.98 Å². The van der Waals surface area contributed by atoms with E-state index in [9.17, 15) is 0 Å². The summed E-state index contributed by atoms with van der Waals surface area (Å²) in [6.07, 6.45) is 3.24. The fraction of sp³-hybridized carbons (Fsp3) is 0.0625. The first kappa shape index (κ1) is 12.3. The Labute approximate surface area is 116 Å². The Morgan fingerprint density at radius 2 is 1.60 bits per heavy atom. The lowest BCUT2D eigenvalue weighted by Crippen LogP contribution is -1.94. The van der Waals surface area contributed by atoms with Crippen LogP contribution in [0.3, 0.4) is 0 Å². The second kappa shape index (κ2) is 5.09. The first-order valence-corrected chi connectivity index (χ1v) is 6.22. The lowest BCUT2D eigenvalue weighted by Gasteiger charge is -2.12. The standard InChI is InChI=1S/C16H14N2O2/c1-19-14-6-7-15(12-5-3-2-4-11(12)14)20-16-10-18-9-8-13(16)17/h2-10H,1H3,(H2,17,18). The van der Waals surface area contributed by atoms with Crippen molar-refractivity contribution >= 4 is 16.5 Å². The quantitative estimate of drug-likeness (QED) is 0.786. The van der Waals surface area contributed by atoms with E-state index in [0.717, 1.165) is 22.3 Å². The summed E-state index contributed by atoms with van der Waals surface area (Å²) in [5.74, 6) is 2.08. The maximum absolute atomic E-state index is 5.88. The monoisotopic (exact) mass is 266 g/mol. The van der Waals surface area contributed by atoms with Crippen LogP contribution < -0.4 is 15.2 Å². The molecule has 0 amide bonds. The predicted molar refractivity (Wildman–Crippen MR) is 79.2 cm³/mol. The Morgan fingerprint density at radius 1 is 0.900 bits per heavy atom. The molecule has 0 unspecified atom stereocenters. The van der Waals surface area contributed by atoms with Crippen molar-refractivity contribution in [2.75, 3.05) is 12.8 Å². The van der Waals surface area contributed by atoms with Crippen LogP contribution >= 0.6 is 0 Å². The van der Waals surface area contributed by atoms with E-state index in [1.807, 2.05) is 36.4 Å². The molecule has 3 rings (SSSR count). The zero-order valence-corrected chi connectivity index (χ0v) is 11.0. The molecule has 20 heavy (non-hydrogen) atoms.